The van der Waals surface area contributed by atoms with E-state index in [0.29, 0.717) is 17.4 Å². The highest BCUT2D eigenvalue weighted by atomic mass is 16.1. The number of aromatic amines is 1. The first kappa shape index (κ1) is 13.4. The van der Waals surface area contributed by atoms with Crippen LogP contribution in [-0.2, 0) is 4.79 Å². The van der Waals surface area contributed by atoms with Gasteiger partial charge in [-0.05, 0) is 19.3 Å². The second kappa shape index (κ2) is 5.61. The standard InChI is InChI=1S/C12H19N3O2/c1-7(2)5-10(14-9(4)16)12-13-8(3)6-11(17)15-12/h6-7,10H,5H2,1-4H3,(H,14,16)(H,13,15,17). The summed E-state index contributed by atoms with van der Waals surface area (Å²) >= 11 is 0. The molecule has 0 saturated heterocycles. The minimum Gasteiger partial charge on any atom is -0.346 e. The second-order valence-corrected chi connectivity index (χ2v) is 4.65. The number of carbonyl (C=O) groups excluding carboxylic acids is 1. The zero-order valence-corrected chi connectivity index (χ0v) is 10.7. The number of carbonyl (C=O) groups is 1. The number of hydrogen-bond donors (Lipinski definition) is 2. The Kier molecular flexibility index (Phi) is 4.43. The van der Waals surface area contributed by atoms with Crippen molar-refractivity contribution in [2.45, 2.75) is 40.2 Å². The largest absolute Gasteiger partial charge is 0.346 e. The van der Waals surface area contributed by atoms with Crippen LogP contribution in [0.4, 0.5) is 0 Å². The summed E-state index contributed by atoms with van der Waals surface area (Å²) in [4.78, 5) is 29.5. The van der Waals surface area contributed by atoms with Gasteiger partial charge in [0.1, 0.15) is 5.82 Å². The van der Waals surface area contributed by atoms with Crippen molar-refractivity contribution in [3.05, 3.63) is 27.9 Å². The molecule has 1 aromatic rings. The quantitative estimate of drug-likeness (QED) is 0.828. The van der Waals surface area contributed by atoms with Crippen LogP contribution >= 0.6 is 0 Å². The number of H-pyrrole nitrogens is 1. The summed E-state index contributed by atoms with van der Waals surface area (Å²) < 4.78 is 0. The molecule has 5 nitrogen and oxygen atoms in total. The molecule has 1 rings (SSSR count). The van der Waals surface area contributed by atoms with Gasteiger partial charge in [0.2, 0.25) is 5.91 Å². The third-order valence-corrected chi connectivity index (χ3v) is 2.30. The van der Waals surface area contributed by atoms with E-state index in [0.717, 1.165) is 6.42 Å². The van der Waals surface area contributed by atoms with E-state index in [4.69, 9.17) is 0 Å². The van der Waals surface area contributed by atoms with Gasteiger partial charge in [0, 0.05) is 18.7 Å². The van der Waals surface area contributed by atoms with E-state index in [1.165, 1.54) is 13.0 Å². The van der Waals surface area contributed by atoms with Gasteiger partial charge in [0.05, 0.1) is 6.04 Å². The zero-order valence-electron chi connectivity index (χ0n) is 10.7. The summed E-state index contributed by atoms with van der Waals surface area (Å²) in [6.45, 7) is 7.34. The van der Waals surface area contributed by atoms with Crippen LogP contribution in [0.5, 0.6) is 0 Å². The molecule has 0 radical (unpaired) electrons. The topological polar surface area (TPSA) is 74.8 Å². The van der Waals surface area contributed by atoms with E-state index in [1.807, 2.05) is 0 Å². The van der Waals surface area contributed by atoms with E-state index in [1.54, 1.807) is 6.92 Å². The molecule has 1 atom stereocenters. The molecule has 0 spiro atoms. The zero-order chi connectivity index (χ0) is 13.0. The Labute approximate surface area is 101 Å². The van der Waals surface area contributed by atoms with Gasteiger partial charge >= 0.3 is 0 Å². The maximum Gasteiger partial charge on any atom is 0.251 e. The predicted molar refractivity (Wildman–Crippen MR) is 65.6 cm³/mol. The van der Waals surface area contributed by atoms with Gasteiger partial charge < -0.3 is 10.3 Å². The number of amides is 1. The number of hydrogen-bond acceptors (Lipinski definition) is 3. The lowest BCUT2D eigenvalue weighted by atomic mass is 10.0. The molecule has 0 aliphatic heterocycles. The molecule has 0 aliphatic carbocycles. The molecule has 1 aromatic heterocycles. The van der Waals surface area contributed by atoms with E-state index >= 15 is 0 Å². The van der Waals surface area contributed by atoms with Crippen molar-refractivity contribution in [1.29, 1.82) is 0 Å². The fraction of sp³-hybridized carbons (Fsp3) is 0.583. The summed E-state index contributed by atoms with van der Waals surface area (Å²) in [5.41, 5.74) is 0.467. The van der Waals surface area contributed by atoms with Gasteiger partial charge in [0.15, 0.2) is 0 Å². The molecule has 1 unspecified atom stereocenters. The number of rotatable bonds is 4. The van der Waals surface area contributed by atoms with E-state index < -0.39 is 0 Å². The van der Waals surface area contributed by atoms with Crippen LogP contribution in [0.1, 0.15) is 44.8 Å². The molecule has 17 heavy (non-hydrogen) atoms. The SMILES string of the molecule is CC(=O)NC(CC(C)C)c1nc(C)cc(=O)[nH]1. The molecule has 1 heterocycles. The minimum atomic E-state index is -0.236. The van der Waals surface area contributed by atoms with Crippen molar-refractivity contribution < 1.29 is 4.79 Å². The van der Waals surface area contributed by atoms with E-state index in [-0.39, 0.29) is 17.5 Å². The van der Waals surface area contributed by atoms with Crippen molar-refractivity contribution >= 4 is 5.91 Å². The van der Waals surface area contributed by atoms with Gasteiger partial charge in [-0.2, -0.15) is 0 Å². The van der Waals surface area contributed by atoms with Crippen molar-refractivity contribution in [1.82, 2.24) is 15.3 Å². The first-order valence-electron chi connectivity index (χ1n) is 5.73. The third-order valence-electron chi connectivity index (χ3n) is 2.30. The lowest BCUT2D eigenvalue weighted by Gasteiger charge is -2.19. The number of aromatic nitrogens is 2. The maximum absolute atomic E-state index is 11.4. The summed E-state index contributed by atoms with van der Waals surface area (Å²) in [5.74, 6) is 0.802. The predicted octanol–water partition coefficient (Wildman–Crippen LogP) is 1.30. The molecule has 0 aliphatic rings. The molecule has 0 saturated carbocycles. The Balaban J connectivity index is 3.02. The van der Waals surface area contributed by atoms with Gasteiger partial charge in [-0.3, -0.25) is 9.59 Å². The summed E-state index contributed by atoms with van der Waals surface area (Å²) in [7, 11) is 0. The fourth-order valence-corrected chi connectivity index (χ4v) is 1.72. The summed E-state index contributed by atoms with van der Waals surface area (Å²) in [6.07, 6.45) is 0.742. The Morgan fingerprint density at radius 3 is 2.65 bits per heavy atom. The first-order chi connectivity index (χ1) is 7.88. The number of nitrogens with zero attached hydrogens (tertiary/aromatic N) is 1. The van der Waals surface area contributed by atoms with Crippen LogP contribution in [0.3, 0.4) is 0 Å². The van der Waals surface area contributed by atoms with Crippen molar-refractivity contribution in [2.24, 2.45) is 5.92 Å². The maximum atomic E-state index is 11.4. The summed E-state index contributed by atoms with van der Waals surface area (Å²) in [6, 6.07) is 1.20. The Bertz CT molecular complexity index is 451. The van der Waals surface area contributed by atoms with Crippen LogP contribution in [0.25, 0.3) is 0 Å². The summed E-state index contributed by atoms with van der Waals surface area (Å²) in [5, 5.41) is 2.81. The first-order valence-corrected chi connectivity index (χ1v) is 5.73. The van der Waals surface area contributed by atoms with Crippen LogP contribution in [0.2, 0.25) is 0 Å². The Hall–Kier alpha value is -1.65. The lowest BCUT2D eigenvalue weighted by molar-refractivity contribution is -0.119. The average molecular weight is 237 g/mol. The normalized spacial score (nSPS) is 12.5. The molecule has 0 fully saturated rings. The highest BCUT2D eigenvalue weighted by molar-refractivity contribution is 5.73. The van der Waals surface area contributed by atoms with Gasteiger partial charge in [-0.25, -0.2) is 4.98 Å². The average Bonchev–Trinajstić information content (AvgIpc) is 2.13. The van der Waals surface area contributed by atoms with Crippen LogP contribution in [0.15, 0.2) is 10.9 Å². The third kappa shape index (κ3) is 4.38. The van der Waals surface area contributed by atoms with Gasteiger partial charge in [-0.15, -0.1) is 0 Å². The molecule has 94 valence electrons. The Morgan fingerprint density at radius 2 is 2.18 bits per heavy atom. The Morgan fingerprint density at radius 1 is 1.53 bits per heavy atom. The highest BCUT2D eigenvalue weighted by Crippen LogP contribution is 2.17. The highest BCUT2D eigenvalue weighted by Gasteiger charge is 2.17. The van der Waals surface area contributed by atoms with Crippen LogP contribution in [0, 0.1) is 12.8 Å². The monoisotopic (exact) mass is 237 g/mol. The van der Waals surface area contributed by atoms with E-state index in [2.05, 4.69) is 29.1 Å². The molecular formula is C12H19N3O2. The van der Waals surface area contributed by atoms with Crippen molar-refractivity contribution in [3.63, 3.8) is 0 Å². The minimum absolute atomic E-state index is 0.125. The van der Waals surface area contributed by atoms with Crippen molar-refractivity contribution in [2.75, 3.05) is 0 Å². The van der Waals surface area contributed by atoms with Crippen LogP contribution < -0.4 is 10.9 Å². The smallest absolute Gasteiger partial charge is 0.251 e. The van der Waals surface area contributed by atoms with Gasteiger partial charge in [-0.1, -0.05) is 13.8 Å². The number of nitrogens with one attached hydrogen (secondary N) is 2. The van der Waals surface area contributed by atoms with Crippen molar-refractivity contribution in [3.8, 4) is 0 Å². The molecule has 1 amide bonds. The van der Waals surface area contributed by atoms with Crippen LogP contribution in [-0.4, -0.2) is 15.9 Å². The fourth-order valence-electron chi connectivity index (χ4n) is 1.72. The molecular weight excluding hydrogens is 218 g/mol. The molecule has 5 heteroatoms. The molecule has 2 N–H and O–H groups in total. The van der Waals surface area contributed by atoms with E-state index in [9.17, 15) is 9.59 Å². The molecule has 0 bridgehead atoms. The number of aryl methyl sites for hydroxylation is 1. The molecule has 0 aromatic carbocycles. The lowest BCUT2D eigenvalue weighted by Crippen LogP contribution is -2.30. The second-order valence-electron chi connectivity index (χ2n) is 4.65. The van der Waals surface area contributed by atoms with Gasteiger partial charge in [0.25, 0.3) is 5.56 Å².